The van der Waals surface area contributed by atoms with E-state index in [1.165, 1.54) is 5.56 Å². The van der Waals surface area contributed by atoms with Crippen LogP contribution < -0.4 is 5.73 Å². The Hall–Kier alpha value is -1.35. The summed E-state index contributed by atoms with van der Waals surface area (Å²) in [5.41, 5.74) is 8.40. The van der Waals surface area contributed by atoms with E-state index in [1.807, 2.05) is 7.05 Å². The highest BCUT2D eigenvalue weighted by Gasteiger charge is 2.19. The molecule has 1 aromatic carbocycles. The molecule has 1 rings (SSSR count). The summed E-state index contributed by atoms with van der Waals surface area (Å²) in [4.78, 5) is 13.9. The van der Waals surface area contributed by atoms with Gasteiger partial charge in [0, 0.05) is 13.6 Å². The van der Waals surface area contributed by atoms with Gasteiger partial charge in [0.15, 0.2) is 0 Å². The number of hydrogen-bond acceptors (Lipinski definition) is 2. The maximum Gasteiger partial charge on any atom is 0.239 e. The first-order valence-corrected chi connectivity index (χ1v) is 7.40. The lowest BCUT2D eigenvalue weighted by molar-refractivity contribution is -0.132. The topological polar surface area (TPSA) is 46.3 Å². The van der Waals surface area contributed by atoms with Crippen molar-refractivity contribution in [3.05, 3.63) is 35.4 Å². The minimum atomic E-state index is -0.394. The lowest BCUT2D eigenvalue weighted by Gasteiger charge is -2.22. The van der Waals surface area contributed by atoms with Crippen LogP contribution in [-0.2, 0) is 11.3 Å². The van der Waals surface area contributed by atoms with Crippen LogP contribution in [-0.4, -0.2) is 23.9 Å². The SMILES string of the molecule is CC(C)CC(N)C(=O)N(C)Cc1ccc(C(C)C)cc1. The highest BCUT2D eigenvalue weighted by atomic mass is 16.2. The van der Waals surface area contributed by atoms with Gasteiger partial charge >= 0.3 is 0 Å². The Morgan fingerprint density at radius 1 is 1.15 bits per heavy atom. The van der Waals surface area contributed by atoms with Crippen molar-refractivity contribution in [1.29, 1.82) is 0 Å². The summed E-state index contributed by atoms with van der Waals surface area (Å²) in [5, 5.41) is 0. The van der Waals surface area contributed by atoms with E-state index in [2.05, 4.69) is 52.0 Å². The number of nitrogens with two attached hydrogens (primary N) is 1. The van der Waals surface area contributed by atoms with E-state index in [1.54, 1.807) is 4.90 Å². The number of amides is 1. The molecule has 1 amide bonds. The molecule has 0 radical (unpaired) electrons. The number of carbonyl (C=O) groups is 1. The predicted octanol–water partition coefficient (Wildman–Crippen LogP) is 3.14. The van der Waals surface area contributed by atoms with Gasteiger partial charge in [0.05, 0.1) is 6.04 Å². The smallest absolute Gasteiger partial charge is 0.239 e. The van der Waals surface area contributed by atoms with Gasteiger partial charge in [0.2, 0.25) is 5.91 Å². The first-order chi connectivity index (χ1) is 9.31. The van der Waals surface area contributed by atoms with Gasteiger partial charge in [-0.3, -0.25) is 4.79 Å². The second-order valence-corrected chi connectivity index (χ2v) is 6.33. The van der Waals surface area contributed by atoms with Crippen LogP contribution in [0.15, 0.2) is 24.3 Å². The van der Waals surface area contributed by atoms with Crippen molar-refractivity contribution >= 4 is 5.91 Å². The van der Waals surface area contributed by atoms with Crippen LogP contribution >= 0.6 is 0 Å². The summed E-state index contributed by atoms with van der Waals surface area (Å²) < 4.78 is 0. The molecule has 0 aliphatic heterocycles. The van der Waals surface area contributed by atoms with Gasteiger partial charge in [-0.25, -0.2) is 0 Å². The number of nitrogens with zero attached hydrogens (tertiary/aromatic N) is 1. The van der Waals surface area contributed by atoms with Crippen LogP contribution in [0.1, 0.15) is 51.2 Å². The van der Waals surface area contributed by atoms with Gasteiger partial charge in [-0.2, -0.15) is 0 Å². The molecule has 0 heterocycles. The summed E-state index contributed by atoms with van der Waals surface area (Å²) in [5.74, 6) is 0.988. The zero-order valence-electron chi connectivity index (χ0n) is 13.4. The molecule has 0 aliphatic rings. The zero-order valence-corrected chi connectivity index (χ0v) is 13.4. The average molecular weight is 276 g/mol. The predicted molar refractivity (Wildman–Crippen MR) is 84.4 cm³/mol. The molecule has 112 valence electrons. The minimum absolute atomic E-state index is 0.0200. The zero-order chi connectivity index (χ0) is 15.3. The maximum absolute atomic E-state index is 12.2. The number of rotatable bonds is 6. The van der Waals surface area contributed by atoms with Gasteiger partial charge in [-0.1, -0.05) is 52.0 Å². The van der Waals surface area contributed by atoms with Crippen LogP contribution in [0, 0.1) is 5.92 Å². The maximum atomic E-state index is 12.2. The second kappa shape index (κ2) is 7.44. The van der Waals surface area contributed by atoms with Crippen LogP contribution in [0.3, 0.4) is 0 Å². The van der Waals surface area contributed by atoms with Crippen molar-refractivity contribution in [2.75, 3.05) is 7.05 Å². The average Bonchev–Trinajstić information content (AvgIpc) is 2.37. The Kier molecular flexibility index (Phi) is 6.21. The van der Waals surface area contributed by atoms with E-state index in [4.69, 9.17) is 5.73 Å². The third-order valence-electron chi connectivity index (χ3n) is 3.48. The Morgan fingerprint density at radius 3 is 2.15 bits per heavy atom. The molecular formula is C17H28N2O. The van der Waals surface area contributed by atoms with Gasteiger partial charge in [0.25, 0.3) is 0 Å². The summed E-state index contributed by atoms with van der Waals surface area (Å²) in [6, 6.07) is 8.05. The second-order valence-electron chi connectivity index (χ2n) is 6.33. The first kappa shape index (κ1) is 16.7. The van der Waals surface area contributed by atoms with Gasteiger partial charge < -0.3 is 10.6 Å². The van der Waals surface area contributed by atoms with Crippen LogP contribution in [0.4, 0.5) is 0 Å². The Morgan fingerprint density at radius 2 is 1.70 bits per heavy atom. The van der Waals surface area contributed by atoms with Crippen molar-refractivity contribution in [1.82, 2.24) is 4.90 Å². The molecule has 0 fully saturated rings. The Bertz CT molecular complexity index is 423. The van der Waals surface area contributed by atoms with Crippen molar-refractivity contribution in [3.8, 4) is 0 Å². The number of hydrogen-bond donors (Lipinski definition) is 1. The lowest BCUT2D eigenvalue weighted by Crippen LogP contribution is -2.42. The number of carbonyl (C=O) groups excluding carboxylic acids is 1. The largest absolute Gasteiger partial charge is 0.340 e. The van der Waals surface area contributed by atoms with E-state index >= 15 is 0 Å². The van der Waals surface area contributed by atoms with E-state index in [0.29, 0.717) is 18.4 Å². The molecule has 0 saturated carbocycles. The highest BCUT2D eigenvalue weighted by Crippen LogP contribution is 2.15. The monoisotopic (exact) mass is 276 g/mol. The summed E-state index contributed by atoms with van der Waals surface area (Å²) >= 11 is 0. The normalized spacial score (nSPS) is 12.8. The number of likely N-dealkylation sites (N-methyl/N-ethyl adjacent to an activating group) is 1. The molecule has 20 heavy (non-hydrogen) atoms. The molecule has 0 aliphatic carbocycles. The quantitative estimate of drug-likeness (QED) is 0.867. The van der Waals surface area contributed by atoms with Gasteiger partial charge in [-0.05, 0) is 29.4 Å². The first-order valence-electron chi connectivity index (χ1n) is 7.40. The van der Waals surface area contributed by atoms with Crippen molar-refractivity contribution in [2.24, 2.45) is 11.7 Å². The Labute approximate surface area is 123 Å². The van der Waals surface area contributed by atoms with Gasteiger partial charge in [0.1, 0.15) is 0 Å². The third kappa shape index (κ3) is 4.97. The molecular weight excluding hydrogens is 248 g/mol. The molecule has 1 aromatic rings. The molecule has 1 atom stereocenters. The van der Waals surface area contributed by atoms with Crippen molar-refractivity contribution in [3.63, 3.8) is 0 Å². The number of benzene rings is 1. The molecule has 0 spiro atoms. The van der Waals surface area contributed by atoms with Crippen LogP contribution in [0.25, 0.3) is 0 Å². The van der Waals surface area contributed by atoms with Gasteiger partial charge in [-0.15, -0.1) is 0 Å². The molecule has 3 heteroatoms. The molecule has 0 bridgehead atoms. The fourth-order valence-corrected chi connectivity index (χ4v) is 2.25. The van der Waals surface area contributed by atoms with Crippen molar-refractivity contribution < 1.29 is 4.79 Å². The fourth-order valence-electron chi connectivity index (χ4n) is 2.25. The summed E-state index contributed by atoms with van der Waals surface area (Å²) in [6.45, 7) is 9.13. The summed E-state index contributed by atoms with van der Waals surface area (Å²) in [7, 11) is 1.82. The highest BCUT2D eigenvalue weighted by molar-refractivity contribution is 5.81. The van der Waals surface area contributed by atoms with Crippen LogP contribution in [0.5, 0.6) is 0 Å². The van der Waals surface area contributed by atoms with E-state index < -0.39 is 6.04 Å². The third-order valence-corrected chi connectivity index (χ3v) is 3.48. The molecule has 3 nitrogen and oxygen atoms in total. The minimum Gasteiger partial charge on any atom is -0.340 e. The van der Waals surface area contributed by atoms with E-state index in [0.717, 1.165) is 12.0 Å². The van der Waals surface area contributed by atoms with E-state index in [-0.39, 0.29) is 5.91 Å². The fraction of sp³-hybridized carbons (Fsp3) is 0.588. The van der Waals surface area contributed by atoms with E-state index in [9.17, 15) is 4.79 Å². The summed E-state index contributed by atoms with van der Waals surface area (Å²) in [6.07, 6.45) is 0.732. The molecule has 2 N–H and O–H groups in total. The standard InChI is InChI=1S/C17H28N2O/c1-12(2)10-16(18)17(20)19(5)11-14-6-8-15(9-7-14)13(3)4/h6-9,12-13,16H,10-11,18H2,1-5H3. The molecule has 0 saturated heterocycles. The molecule has 1 unspecified atom stereocenters. The lowest BCUT2D eigenvalue weighted by atomic mass is 10.0. The molecule has 0 aromatic heterocycles. The Balaban J connectivity index is 2.61. The van der Waals surface area contributed by atoms with Crippen molar-refractivity contribution in [2.45, 2.75) is 52.6 Å². The van der Waals surface area contributed by atoms with Crippen LogP contribution in [0.2, 0.25) is 0 Å².